The Balaban J connectivity index is 1.52. The molecule has 2 amide bonds. The van der Waals surface area contributed by atoms with Gasteiger partial charge in [0, 0.05) is 57.3 Å². The number of hydrogen-bond acceptors (Lipinski definition) is 4. The maximum absolute atomic E-state index is 12.5. The van der Waals surface area contributed by atoms with Crippen molar-refractivity contribution in [3.8, 4) is 0 Å². The molecular formula is C19H24N4O2. The third kappa shape index (κ3) is 4.78. The van der Waals surface area contributed by atoms with E-state index >= 15 is 0 Å². The Hall–Kier alpha value is -2.44. The molecule has 0 spiro atoms. The van der Waals surface area contributed by atoms with Gasteiger partial charge in [0.25, 0.3) is 0 Å². The number of carbonyl (C=O) groups is 1. The summed E-state index contributed by atoms with van der Waals surface area (Å²) in [5.41, 5.74) is 2.85. The van der Waals surface area contributed by atoms with Gasteiger partial charge >= 0.3 is 6.03 Å². The highest BCUT2D eigenvalue weighted by atomic mass is 16.5. The number of methoxy groups -OCH3 is 1. The van der Waals surface area contributed by atoms with Crippen LogP contribution in [-0.2, 0) is 17.9 Å². The highest BCUT2D eigenvalue weighted by Crippen LogP contribution is 2.17. The van der Waals surface area contributed by atoms with Crippen molar-refractivity contribution >= 4 is 11.7 Å². The van der Waals surface area contributed by atoms with Crippen molar-refractivity contribution in [1.29, 1.82) is 0 Å². The van der Waals surface area contributed by atoms with Crippen LogP contribution in [-0.4, -0.2) is 54.1 Å². The van der Waals surface area contributed by atoms with E-state index in [1.165, 1.54) is 0 Å². The van der Waals surface area contributed by atoms with E-state index in [-0.39, 0.29) is 6.03 Å². The molecule has 0 radical (unpaired) electrons. The first-order valence-corrected chi connectivity index (χ1v) is 8.51. The molecule has 1 aromatic carbocycles. The van der Waals surface area contributed by atoms with Gasteiger partial charge in [-0.15, -0.1) is 0 Å². The lowest BCUT2D eigenvalue weighted by Gasteiger charge is -2.34. The lowest BCUT2D eigenvalue weighted by atomic mass is 10.2. The number of pyridine rings is 1. The maximum Gasteiger partial charge on any atom is 0.321 e. The number of nitrogens with one attached hydrogen (secondary N) is 1. The molecule has 6 heteroatoms. The summed E-state index contributed by atoms with van der Waals surface area (Å²) in [5.74, 6) is 0. The summed E-state index contributed by atoms with van der Waals surface area (Å²) in [6.07, 6.45) is 1.82. The predicted molar refractivity (Wildman–Crippen MR) is 97.3 cm³/mol. The smallest absolute Gasteiger partial charge is 0.321 e. The van der Waals surface area contributed by atoms with E-state index < -0.39 is 0 Å². The zero-order valence-corrected chi connectivity index (χ0v) is 14.5. The van der Waals surface area contributed by atoms with Crippen molar-refractivity contribution in [1.82, 2.24) is 14.8 Å². The summed E-state index contributed by atoms with van der Waals surface area (Å²) in [7, 11) is 1.65. The second-order valence-corrected chi connectivity index (χ2v) is 6.10. The van der Waals surface area contributed by atoms with Gasteiger partial charge in [-0.05, 0) is 18.2 Å². The van der Waals surface area contributed by atoms with Crippen molar-refractivity contribution in [3.05, 3.63) is 59.9 Å². The lowest BCUT2D eigenvalue weighted by Crippen LogP contribution is -2.49. The minimum Gasteiger partial charge on any atom is -0.380 e. The van der Waals surface area contributed by atoms with Crippen LogP contribution in [0.3, 0.4) is 0 Å². The minimum absolute atomic E-state index is 0.0546. The van der Waals surface area contributed by atoms with E-state index in [0.29, 0.717) is 19.7 Å². The van der Waals surface area contributed by atoms with Gasteiger partial charge in [0.2, 0.25) is 0 Å². The summed E-state index contributed by atoms with van der Waals surface area (Å²) in [5, 5.41) is 3.01. The van der Waals surface area contributed by atoms with Crippen LogP contribution in [0.4, 0.5) is 10.5 Å². The molecule has 2 heterocycles. The van der Waals surface area contributed by atoms with Gasteiger partial charge in [0.05, 0.1) is 12.3 Å². The monoisotopic (exact) mass is 340 g/mol. The number of ether oxygens (including phenoxy) is 1. The van der Waals surface area contributed by atoms with Crippen LogP contribution in [0.15, 0.2) is 48.7 Å². The van der Waals surface area contributed by atoms with E-state index in [2.05, 4.69) is 15.2 Å². The molecule has 0 saturated carbocycles. The summed E-state index contributed by atoms with van der Waals surface area (Å²) >= 11 is 0. The number of para-hydroxylation sites is 1. The Morgan fingerprint density at radius 1 is 1.12 bits per heavy atom. The fraction of sp³-hybridized carbons (Fsp3) is 0.368. The van der Waals surface area contributed by atoms with Crippen molar-refractivity contribution in [2.24, 2.45) is 0 Å². The van der Waals surface area contributed by atoms with Crippen LogP contribution in [0, 0.1) is 0 Å². The molecule has 1 fully saturated rings. The zero-order valence-electron chi connectivity index (χ0n) is 14.5. The van der Waals surface area contributed by atoms with Crippen LogP contribution in [0.25, 0.3) is 0 Å². The molecule has 25 heavy (non-hydrogen) atoms. The number of benzene rings is 1. The third-order valence-corrected chi connectivity index (χ3v) is 4.33. The summed E-state index contributed by atoms with van der Waals surface area (Å²) in [6.45, 7) is 4.44. The normalized spacial score (nSPS) is 15.2. The predicted octanol–water partition coefficient (Wildman–Crippen LogP) is 2.58. The van der Waals surface area contributed by atoms with Crippen molar-refractivity contribution in [2.75, 3.05) is 38.6 Å². The highest BCUT2D eigenvalue weighted by molar-refractivity contribution is 5.90. The van der Waals surface area contributed by atoms with Crippen LogP contribution in [0.1, 0.15) is 11.3 Å². The SMILES string of the molecule is COCc1ccccc1NC(=O)N1CCN(Cc2ccccn2)CC1. The minimum atomic E-state index is -0.0546. The van der Waals surface area contributed by atoms with Crippen molar-refractivity contribution in [2.45, 2.75) is 13.2 Å². The van der Waals surface area contributed by atoms with Crippen LogP contribution in [0.5, 0.6) is 0 Å². The molecule has 1 aromatic heterocycles. The molecule has 0 bridgehead atoms. The first-order valence-electron chi connectivity index (χ1n) is 8.51. The zero-order chi connectivity index (χ0) is 17.5. The molecule has 3 rings (SSSR count). The van der Waals surface area contributed by atoms with Crippen LogP contribution in [0.2, 0.25) is 0 Å². The molecule has 0 aliphatic carbocycles. The number of anilines is 1. The molecule has 132 valence electrons. The molecule has 1 N–H and O–H groups in total. The van der Waals surface area contributed by atoms with E-state index in [9.17, 15) is 4.79 Å². The van der Waals surface area contributed by atoms with Gasteiger partial charge in [-0.1, -0.05) is 24.3 Å². The summed E-state index contributed by atoms with van der Waals surface area (Å²) in [4.78, 5) is 21.1. The molecule has 6 nitrogen and oxygen atoms in total. The second-order valence-electron chi connectivity index (χ2n) is 6.10. The largest absolute Gasteiger partial charge is 0.380 e. The Kier molecular flexibility index (Phi) is 5.98. The number of rotatable bonds is 5. The van der Waals surface area contributed by atoms with Gasteiger partial charge in [-0.2, -0.15) is 0 Å². The molecule has 1 aliphatic rings. The Labute approximate surface area is 148 Å². The van der Waals surface area contributed by atoms with E-state index in [0.717, 1.165) is 36.6 Å². The van der Waals surface area contributed by atoms with Crippen LogP contribution < -0.4 is 5.32 Å². The van der Waals surface area contributed by atoms with Gasteiger partial charge in [0.1, 0.15) is 0 Å². The third-order valence-electron chi connectivity index (χ3n) is 4.33. The molecule has 0 unspecified atom stereocenters. The molecule has 1 saturated heterocycles. The first-order chi connectivity index (χ1) is 12.3. The number of aromatic nitrogens is 1. The number of amides is 2. The lowest BCUT2D eigenvalue weighted by molar-refractivity contribution is 0.142. The van der Waals surface area contributed by atoms with Crippen molar-refractivity contribution < 1.29 is 9.53 Å². The quantitative estimate of drug-likeness (QED) is 0.909. The molecule has 0 atom stereocenters. The van der Waals surface area contributed by atoms with Crippen LogP contribution >= 0.6 is 0 Å². The molecular weight excluding hydrogens is 316 g/mol. The van der Waals surface area contributed by atoms with Crippen molar-refractivity contribution in [3.63, 3.8) is 0 Å². The standard InChI is InChI=1S/C19H24N4O2/c1-25-15-16-6-2-3-8-18(16)21-19(24)23-12-10-22(11-13-23)14-17-7-4-5-9-20-17/h2-9H,10-15H2,1H3,(H,21,24). The van der Waals surface area contributed by atoms with Gasteiger partial charge in [-0.25, -0.2) is 4.79 Å². The summed E-state index contributed by atoms with van der Waals surface area (Å²) in [6, 6.07) is 13.6. The molecule has 1 aliphatic heterocycles. The van der Waals surface area contributed by atoms with E-state index in [1.807, 2.05) is 53.6 Å². The number of urea groups is 1. The fourth-order valence-electron chi connectivity index (χ4n) is 2.95. The van der Waals surface area contributed by atoms with Gasteiger partial charge in [-0.3, -0.25) is 9.88 Å². The average Bonchev–Trinajstić information content (AvgIpc) is 2.65. The number of carbonyl (C=O) groups excluding carboxylic acids is 1. The first kappa shape index (κ1) is 17.4. The molecule has 2 aromatic rings. The number of nitrogens with zero attached hydrogens (tertiary/aromatic N) is 3. The fourth-order valence-corrected chi connectivity index (χ4v) is 2.95. The Morgan fingerprint density at radius 3 is 2.60 bits per heavy atom. The summed E-state index contributed by atoms with van der Waals surface area (Å²) < 4.78 is 5.19. The number of piperazine rings is 1. The van der Waals surface area contributed by atoms with Gasteiger partial charge in [0.15, 0.2) is 0 Å². The van der Waals surface area contributed by atoms with E-state index in [1.54, 1.807) is 7.11 Å². The van der Waals surface area contributed by atoms with E-state index in [4.69, 9.17) is 4.74 Å². The van der Waals surface area contributed by atoms with Gasteiger partial charge < -0.3 is 15.0 Å². The Bertz CT molecular complexity index is 685. The Morgan fingerprint density at radius 2 is 1.88 bits per heavy atom. The topological polar surface area (TPSA) is 57.7 Å². The second kappa shape index (κ2) is 8.60. The maximum atomic E-state index is 12.5. The number of hydrogen-bond donors (Lipinski definition) is 1. The average molecular weight is 340 g/mol. The highest BCUT2D eigenvalue weighted by Gasteiger charge is 2.21.